The van der Waals surface area contributed by atoms with Crippen molar-refractivity contribution >= 4 is 23.6 Å². The Bertz CT molecular complexity index is 1620. The first kappa shape index (κ1) is 28.9. The lowest BCUT2D eigenvalue weighted by Crippen LogP contribution is -2.37. The van der Waals surface area contributed by atoms with E-state index in [2.05, 4.69) is 15.5 Å². The Morgan fingerprint density at radius 1 is 1.07 bits per heavy atom. The molecule has 0 spiro atoms. The van der Waals surface area contributed by atoms with E-state index >= 15 is 0 Å². The van der Waals surface area contributed by atoms with E-state index in [-0.39, 0.29) is 42.5 Å². The minimum absolute atomic E-state index is 0.0420. The van der Waals surface area contributed by atoms with Crippen molar-refractivity contribution in [3.63, 3.8) is 0 Å². The van der Waals surface area contributed by atoms with Gasteiger partial charge in [0.25, 0.3) is 11.5 Å². The van der Waals surface area contributed by atoms with E-state index in [9.17, 15) is 32.3 Å². The van der Waals surface area contributed by atoms with Crippen molar-refractivity contribution in [3.8, 4) is 0 Å². The Hall–Kier alpha value is -4.62. The second kappa shape index (κ2) is 10.7. The number of H-pyrrole nitrogens is 1. The Morgan fingerprint density at radius 3 is 2.52 bits per heavy atom. The Balaban J connectivity index is 1.25. The zero-order valence-corrected chi connectivity index (χ0v) is 23.1. The highest BCUT2D eigenvalue weighted by Gasteiger charge is 2.33. The minimum Gasteiger partial charge on any atom is -0.443 e. The molecule has 42 heavy (non-hydrogen) atoms. The van der Waals surface area contributed by atoms with Crippen LogP contribution in [0.2, 0.25) is 0 Å². The molecule has 0 unspecified atom stereocenters. The number of nitrogens with one attached hydrogen (secondary N) is 2. The van der Waals surface area contributed by atoms with Crippen molar-refractivity contribution in [1.82, 2.24) is 19.9 Å². The van der Waals surface area contributed by atoms with Gasteiger partial charge in [0, 0.05) is 43.2 Å². The van der Waals surface area contributed by atoms with Crippen LogP contribution in [0.1, 0.15) is 64.8 Å². The molecule has 0 saturated carbocycles. The Labute approximate surface area is 237 Å². The third kappa shape index (κ3) is 5.87. The number of amides is 3. The van der Waals surface area contributed by atoms with Gasteiger partial charge in [-0.2, -0.15) is 18.3 Å². The maximum atomic E-state index is 13.3. The monoisotopic (exact) mass is 587 g/mol. The number of rotatable bonds is 4. The maximum absolute atomic E-state index is 13.3. The number of pyridine rings is 1. The third-order valence-electron chi connectivity index (χ3n) is 7.12. The first-order chi connectivity index (χ1) is 19.7. The first-order valence-electron chi connectivity index (χ1n) is 13.1. The molecule has 0 radical (unpaired) electrons. The summed E-state index contributed by atoms with van der Waals surface area (Å²) < 4.78 is 50.3. The summed E-state index contributed by atoms with van der Waals surface area (Å²) in [6.45, 7) is 5.21. The standard InChI is InChI=1S/C28H28F3N5O6/c1-27(2,3)25(39)33-20-9-18(28(29,30)31)10-32-21(20)14-41-26(40)36-11-16-5-4-15(8-17(16)12-36)24(38)35-7-6-22-19(13-35)23(37)34-42-22/h4-5,8-10H,6-7,11-14H2,1-3H3,(H,33,39)(H,34,37). The van der Waals surface area contributed by atoms with Gasteiger partial charge in [-0.1, -0.05) is 26.8 Å². The van der Waals surface area contributed by atoms with E-state index in [0.717, 1.165) is 17.2 Å². The fourth-order valence-corrected chi connectivity index (χ4v) is 4.64. The Morgan fingerprint density at radius 2 is 1.81 bits per heavy atom. The number of alkyl halides is 3. The molecule has 4 heterocycles. The van der Waals surface area contributed by atoms with Gasteiger partial charge in [0.1, 0.15) is 18.1 Å². The van der Waals surface area contributed by atoms with Gasteiger partial charge < -0.3 is 19.5 Å². The fourth-order valence-electron chi connectivity index (χ4n) is 4.64. The highest BCUT2D eigenvalue weighted by Crippen LogP contribution is 2.32. The lowest BCUT2D eigenvalue weighted by molar-refractivity contribution is -0.137. The molecule has 2 aromatic heterocycles. The van der Waals surface area contributed by atoms with E-state index in [1.807, 2.05) is 0 Å². The van der Waals surface area contributed by atoms with Crippen LogP contribution in [0.5, 0.6) is 0 Å². The van der Waals surface area contributed by atoms with Gasteiger partial charge in [-0.05, 0) is 29.3 Å². The van der Waals surface area contributed by atoms with Crippen LogP contribution in [0, 0.1) is 5.41 Å². The normalized spacial score (nSPS) is 14.8. The molecule has 3 aromatic rings. The maximum Gasteiger partial charge on any atom is 0.417 e. The number of nitrogens with zero attached hydrogens (tertiary/aromatic N) is 3. The van der Waals surface area contributed by atoms with Crippen LogP contribution < -0.4 is 10.9 Å². The Kier molecular flexibility index (Phi) is 7.33. The summed E-state index contributed by atoms with van der Waals surface area (Å²) in [6.07, 6.45) is -4.39. The molecule has 14 heteroatoms. The third-order valence-corrected chi connectivity index (χ3v) is 7.12. The van der Waals surface area contributed by atoms with Crippen LogP contribution in [0.25, 0.3) is 0 Å². The van der Waals surface area contributed by atoms with Crippen molar-refractivity contribution in [1.29, 1.82) is 0 Å². The molecule has 0 aliphatic carbocycles. The van der Waals surface area contributed by atoms with E-state index < -0.39 is 35.8 Å². The van der Waals surface area contributed by atoms with E-state index in [1.54, 1.807) is 43.9 Å². The van der Waals surface area contributed by atoms with E-state index in [0.29, 0.717) is 36.0 Å². The molecular weight excluding hydrogens is 559 g/mol. The minimum atomic E-state index is -4.68. The molecule has 2 aliphatic heterocycles. The van der Waals surface area contributed by atoms with Crippen molar-refractivity contribution in [2.75, 3.05) is 11.9 Å². The van der Waals surface area contributed by atoms with Gasteiger partial charge in [0.2, 0.25) is 5.91 Å². The van der Waals surface area contributed by atoms with Gasteiger partial charge in [-0.15, -0.1) is 0 Å². The quantitative estimate of drug-likeness (QED) is 0.466. The predicted molar refractivity (Wildman–Crippen MR) is 141 cm³/mol. The first-order valence-corrected chi connectivity index (χ1v) is 13.1. The van der Waals surface area contributed by atoms with Crippen LogP contribution in [0.15, 0.2) is 39.8 Å². The predicted octanol–water partition coefficient (Wildman–Crippen LogP) is 4.22. The molecule has 0 saturated heterocycles. The average Bonchev–Trinajstić information content (AvgIpc) is 3.53. The number of halogens is 3. The SMILES string of the molecule is CC(C)(C)C(=O)Nc1cc(C(F)(F)F)cnc1COC(=O)N1Cc2ccc(C(=O)N3CCc4o[nH]c(=O)c4C3)cc2C1. The number of carbonyl (C=O) groups excluding carboxylic acids is 3. The molecule has 0 atom stereocenters. The summed E-state index contributed by atoms with van der Waals surface area (Å²) in [4.78, 5) is 57.2. The number of hydrogen-bond donors (Lipinski definition) is 2. The van der Waals surface area contributed by atoms with Crippen LogP contribution in [0.4, 0.5) is 23.7 Å². The zero-order valence-electron chi connectivity index (χ0n) is 23.1. The molecule has 11 nitrogen and oxygen atoms in total. The number of ether oxygens (including phenoxy) is 1. The van der Waals surface area contributed by atoms with Crippen LogP contribution >= 0.6 is 0 Å². The second-order valence-electron chi connectivity index (χ2n) is 11.2. The molecule has 2 N–H and O–H groups in total. The summed E-state index contributed by atoms with van der Waals surface area (Å²) in [5.41, 5.74) is -0.174. The summed E-state index contributed by atoms with van der Waals surface area (Å²) in [5, 5.41) is 4.74. The van der Waals surface area contributed by atoms with Gasteiger partial charge in [0.15, 0.2) is 0 Å². The number of anilines is 1. The number of benzene rings is 1. The molecule has 1 aromatic carbocycles. The molecule has 3 amide bonds. The van der Waals surface area contributed by atoms with Crippen LogP contribution in [-0.2, 0) is 48.4 Å². The van der Waals surface area contributed by atoms with Crippen LogP contribution in [0.3, 0.4) is 0 Å². The van der Waals surface area contributed by atoms with Crippen LogP contribution in [-0.4, -0.2) is 44.4 Å². The lowest BCUT2D eigenvalue weighted by Gasteiger charge is -2.25. The van der Waals surface area contributed by atoms with Crippen molar-refractivity contribution < 1.29 is 36.8 Å². The number of hydrogen-bond acceptors (Lipinski definition) is 7. The summed E-state index contributed by atoms with van der Waals surface area (Å²) >= 11 is 0. The largest absolute Gasteiger partial charge is 0.443 e. The highest BCUT2D eigenvalue weighted by molar-refractivity contribution is 5.95. The van der Waals surface area contributed by atoms with Gasteiger partial charge in [-0.3, -0.25) is 24.3 Å². The van der Waals surface area contributed by atoms with Gasteiger partial charge in [0.05, 0.1) is 23.4 Å². The smallest absolute Gasteiger partial charge is 0.417 e. The van der Waals surface area contributed by atoms with Gasteiger partial charge in [-0.25, -0.2) is 4.79 Å². The van der Waals surface area contributed by atoms with Crippen molar-refractivity contribution in [2.45, 2.75) is 59.6 Å². The van der Waals surface area contributed by atoms with Crippen molar-refractivity contribution in [3.05, 3.63) is 80.1 Å². The van der Waals surface area contributed by atoms with Gasteiger partial charge >= 0.3 is 12.3 Å². The fraction of sp³-hybridized carbons (Fsp3) is 0.393. The topological polar surface area (TPSA) is 138 Å². The lowest BCUT2D eigenvalue weighted by atomic mass is 9.95. The molecule has 5 rings (SSSR count). The number of fused-ring (bicyclic) bond motifs is 2. The van der Waals surface area contributed by atoms with E-state index in [1.165, 1.54) is 4.90 Å². The molecular formula is C28H28F3N5O6. The van der Waals surface area contributed by atoms with Crippen molar-refractivity contribution in [2.24, 2.45) is 5.41 Å². The molecule has 2 aliphatic rings. The highest BCUT2D eigenvalue weighted by atomic mass is 19.4. The average molecular weight is 588 g/mol. The number of aromatic nitrogens is 2. The molecule has 0 bridgehead atoms. The summed E-state index contributed by atoms with van der Waals surface area (Å²) in [5.74, 6) is -0.247. The molecule has 222 valence electrons. The summed E-state index contributed by atoms with van der Waals surface area (Å²) in [6, 6.07) is 5.85. The number of carbonyl (C=O) groups is 3. The number of aromatic amines is 1. The molecule has 0 fully saturated rings. The second-order valence-corrected chi connectivity index (χ2v) is 11.2. The zero-order chi connectivity index (χ0) is 30.4. The summed E-state index contributed by atoms with van der Waals surface area (Å²) in [7, 11) is 0. The van der Waals surface area contributed by atoms with E-state index in [4.69, 9.17) is 9.26 Å².